The summed E-state index contributed by atoms with van der Waals surface area (Å²) in [5.74, 6) is 0.587. The maximum atomic E-state index is 12.4. The van der Waals surface area contributed by atoms with Crippen LogP contribution >= 0.6 is 0 Å². The van der Waals surface area contributed by atoms with E-state index in [0.29, 0.717) is 50.9 Å². The van der Waals surface area contributed by atoms with Crippen LogP contribution in [0.4, 0.5) is 22.7 Å². The normalized spacial score (nSPS) is 17.6. The highest BCUT2D eigenvalue weighted by Gasteiger charge is 2.45. The lowest BCUT2D eigenvalue weighted by Crippen LogP contribution is -2.38. The van der Waals surface area contributed by atoms with Crippen LogP contribution in [0, 0.1) is 20.2 Å². The summed E-state index contributed by atoms with van der Waals surface area (Å²) in [4.78, 5) is 27.1. The Kier molecular flexibility index (Phi) is 5.17. The number of nitro groups is 2. The third kappa shape index (κ3) is 3.34. The fraction of sp³-hybridized carbons (Fsp3) is 0.429. The number of piperidine rings is 1. The van der Waals surface area contributed by atoms with Crippen LogP contribution in [0.15, 0.2) is 24.3 Å². The number of nitrogens with zero attached hydrogens (tertiary/aromatic N) is 4. The molecule has 2 fully saturated rings. The van der Waals surface area contributed by atoms with E-state index < -0.39 is 15.5 Å². The van der Waals surface area contributed by atoms with Gasteiger partial charge in [0.2, 0.25) is 11.4 Å². The number of hydrogen-bond donors (Lipinski definition) is 0. The van der Waals surface area contributed by atoms with Gasteiger partial charge in [-0.2, -0.15) is 0 Å². The predicted molar refractivity (Wildman–Crippen MR) is 115 cm³/mol. The number of morpholine rings is 1. The van der Waals surface area contributed by atoms with Crippen LogP contribution in [-0.4, -0.2) is 49.2 Å². The second-order valence-corrected chi connectivity index (χ2v) is 7.86. The Hall–Kier alpha value is -3.60. The third-order valence-electron chi connectivity index (χ3n) is 5.95. The maximum absolute atomic E-state index is 12.4. The molecule has 0 amide bonds. The first-order chi connectivity index (χ1) is 15.6. The first-order valence-corrected chi connectivity index (χ1v) is 10.6. The van der Waals surface area contributed by atoms with Gasteiger partial charge in [0.25, 0.3) is 5.75 Å². The van der Waals surface area contributed by atoms with Crippen molar-refractivity contribution in [3.8, 4) is 23.0 Å². The first-order valence-electron chi connectivity index (χ1n) is 10.6. The van der Waals surface area contributed by atoms with E-state index in [1.807, 2.05) is 0 Å². The van der Waals surface area contributed by atoms with E-state index in [1.165, 1.54) is 0 Å². The molecule has 0 bridgehead atoms. The van der Waals surface area contributed by atoms with E-state index in [2.05, 4.69) is 0 Å². The largest absolute Gasteiger partial charge is 0.447 e. The molecule has 0 N–H and O–H groups in total. The molecule has 0 aliphatic carbocycles. The molecule has 11 nitrogen and oxygen atoms in total. The van der Waals surface area contributed by atoms with Crippen LogP contribution in [0.2, 0.25) is 0 Å². The molecule has 0 atom stereocenters. The molecule has 2 saturated heterocycles. The van der Waals surface area contributed by atoms with Gasteiger partial charge in [0.1, 0.15) is 0 Å². The molecule has 2 aromatic carbocycles. The van der Waals surface area contributed by atoms with Crippen molar-refractivity contribution in [1.82, 2.24) is 0 Å². The van der Waals surface area contributed by atoms with Crippen LogP contribution < -0.4 is 19.3 Å². The SMILES string of the molecule is O=[N+]([O-])c1c2c(c(N3CCOCC3)c([N+](=O)[O-])c1N1CCCCC1)Oc1ccccc1O2. The van der Waals surface area contributed by atoms with Crippen molar-refractivity contribution >= 4 is 22.7 Å². The van der Waals surface area contributed by atoms with Crippen molar-refractivity contribution in [2.75, 3.05) is 49.2 Å². The van der Waals surface area contributed by atoms with Crippen LogP contribution in [0.5, 0.6) is 23.0 Å². The lowest BCUT2D eigenvalue weighted by Gasteiger charge is -2.34. The minimum atomic E-state index is -0.601. The van der Waals surface area contributed by atoms with Crippen LogP contribution in [-0.2, 0) is 4.74 Å². The van der Waals surface area contributed by atoms with Crippen molar-refractivity contribution in [3.05, 3.63) is 44.5 Å². The molecule has 0 spiro atoms. The Morgan fingerprint density at radius 2 is 1.28 bits per heavy atom. The van der Waals surface area contributed by atoms with Gasteiger partial charge in [0.05, 0.1) is 23.1 Å². The zero-order valence-corrected chi connectivity index (χ0v) is 17.3. The lowest BCUT2D eigenvalue weighted by atomic mass is 10.0. The first kappa shape index (κ1) is 20.3. The summed E-state index contributed by atoms with van der Waals surface area (Å²) < 4.78 is 17.5. The average Bonchev–Trinajstić information content (AvgIpc) is 2.82. The predicted octanol–water partition coefficient (Wildman–Crippen LogP) is 4.23. The van der Waals surface area contributed by atoms with Gasteiger partial charge < -0.3 is 24.0 Å². The third-order valence-corrected chi connectivity index (χ3v) is 5.95. The Bertz CT molecular complexity index is 1080. The van der Waals surface area contributed by atoms with Gasteiger partial charge in [0, 0.05) is 26.2 Å². The van der Waals surface area contributed by atoms with Crippen molar-refractivity contribution in [2.24, 2.45) is 0 Å². The topological polar surface area (TPSA) is 120 Å². The fourth-order valence-electron chi connectivity index (χ4n) is 4.52. The molecule has 11 heteroatoms. The summed E-state index contributed by atoms with van der Waals surface area (Å²) in [5, 5.41) is 24.7. The maximum Gasteiger partial charge on any atom is 0.345 e. The number of anilines is 2. The molecule has 168 valence electrons. The van der Waals surface area contributed by atoms with E-state index in [4.69, 9.17) is 14.2 Å². The molecule has 32 heavy (non-hydrogen) atoms. The van der Waals surface area contributed by atoms with Crippen LogP contribution in [0.25, 0.3) is 0 Å². The number of hydrogen-bond acceptors (Lipinski definition) is 9. The zero-order chi connectivity index (χ0) is 22.2. The van der Waals surface area contributed by atoms with Crippen molar-refractivity contribution in [1.29, 1.82) is 0 Å². The Balaban J connectivity index is 1.82. The molecular formula is C21H22N4O7. The monoisotopic (exact) mass is 442 g/mol. The van der Waals surface area contributed by atoms with Gasteiger partial charge >= 0.3 is 11.4 Å². The molecule has 0 saturated carbocycles. The number of ether oxygens (including phenoxy) is 3. The second kappa shape index (κ2) is 8.15. The van der Waals surface area contributed by atoms with Gasteiger partial charge in [-0.1, -0.05) is 12.1 Å². The van der Waals surface area contributed by atoms with Gasteiger partial charge in [-0.15, -0.1) is 0 Å². The number of benzene rings is 2. The van der Waals surface area contributed by atoms with Crippen LogP contribution in [0.3, 0.4) is 0 Å². The van der Waals surface area contributed by atoms with Crippen LogP contribution in [0.1, 0.15) is 19.3 Å². The molecule has 0 radical (unpaired) electrons. The van der Waals surface area contributed by atoms with Crippen molar-refractivity contribution in [2.45, 2.75) is 19.3 Å². The molecule has 3 aliphatic rings. The highest BCUT2D eigenvalue weighted by molar-refractivity contribution is 5.95. The summed E-state index contributed by atoms with van der Waals surface area (Å²) in [6, 6.07) is 6.79. The van der Waals surface area contributed by atoms with Crippen molar-refractivity contribution < 1.29 is 24.1 Å². The summed E-state index contributed by atoms with van der Waals surface area (Å²) in [6.07, 6.45) is 2.59. The van der Waals surface area contributed by atoms with E-state index in [-0.39, 0.29) is 28.6 Å². The van der Waals surface area contributed by atoms with Gasteiger partial charge in [0.15, 0.2) is 17.2 Å². The molecule has 3 aliphatic heterocycles. The highest BCUT2D eigenvalue weighted by atomic mass is 16.6. The van der Waals surface area contributed by atoms with Gasteiger partial charge in [-0.05, 0) is 31.4 Å². The number of nitro benzene ring substituents is 2. The van der Waals surface area contributed by atoms with Crippen molar-refractivity contribution in [3.63, 3.8) is 0 Å². The standard InChI is InChI=1S/C21H22N4O7/c26-24(27)17-16(22-8-4-1-5-9-22)19(25(28)29)21-20(18(17)23-10-12-30-13-11-23)31-14-6-2-3-7-15(14)32-21/h2-3,6-7H,1,4-5,8-13H2. The zero-order valence-electron chi connectivity index (χ0n) is 17.3. The molecule has 0 unspecified atom stereocenters. The molecule has 5 rings (SSSR count). The smallest absolute Gasteiger partial charge is 0.345 e. The summed E-state index contributed by atoms with van der Waals surface area (Å²) in [7, 11) is 0. The Labute approximate surface area is 183 Å². The second-order valence-electron chi connectivity index (χ2n) is 7.86. The summed E-state index contributed by atoms with van der Waals surface area (Å²) in [6.45, 7) is 2.57. The van der Waals surface area contributed by atoms with Gasteiger partial charge in [-0.3, -0.25) is 20.2 Å². The van der Waals surface area contributed by atoms with E-state index in [0.717, 1.165) is 19.3 Å². The minimum absolute atomic E-state index is 0.00441. The number of para-hydroxylation sites is 2. The van der Waals surface area contributed by atoms with Gasteiger partial charge in [-0.25, -0.2) is 0 Å². The van der Waals surface area contributed by atoms with E-state index in [1.54, 1.807) is 34.1 Å². The Morgan fingerprint density at radius 3 is 1.88 bits per heavy atom. The molecule has 2 aromatic rings. The number of fused-ring (bicyclic) bond motifs is 2. The highest BCUT2D eigenvalue weighted by Crippen LogP contribution is 2.61. The fourth-order valence-corrected chi connectivity index (χ4v) is 4.52. The van der Waals surface area contributed by atoms with E-state index >= 15 is 0 Å². The molecular weight excluding hydrogens is 420 g/mol. The quantitative estimate of drug-likeness (QED) is 0.432. The average molecular weight is 442 g/mol. The Morgan fingerprint density at radius 1 is 0.719 bits per heavy atom. The summed E-state index contributed by atoms with van der Waals surface area (Å²) in [5.41, 5.74) is -0.556. The molecule has 3 heterocycles. The van der Waals surface area contributed by atoms with E-state index in [9.17, 15) is 20.2 Å². The minimum Gasteiger partial charge on any atom is -0.447 e. The summed E-state index contributed by atoms with van der Waals surface area (Å²) >= 11 is 0. The number of rotatable bonds is 4. The molecule has 0 aromatic heterocycles. The lowest BCUT2D eigenvalue weighted by molar-refractivity contribution is -0.392.